The summed E-state index contributed by atoms with van der Waals surface area (Å²) in [4.78, 5) is 0. The van der Waals surface area contributed by atoms with Crippen molar-refractivity contribution in [2.45, 2.75) is 51.7 Å². The predicted octanol–water partition coefficient (Wildman–Crippen LogP) is 1.87. The lowest BCUT2D eigenvalue weighted by atomic mass is 10.1. The molecule has 0 aliphatic heterocycles. The summed E-state index contributed by atoms with van der Waals surface area (Å²) >= 11 is 0. The van der Waals surface area contributed by atoms with Crippen LogP contribution in [0.1, 0.15) is 40.5 Å². The van der Waals surface area contributed by atoms with Gasteiger partial charge in [0.1, 0.15) is 11.2 Å². The summed E-state index contributed by atoms with van der Waals surface area (Å²) < 4.78 is 33.0. The third kappa shape index (κ3) is 4.79. The van der Waals surface area contributed by atoms with Crippen LogP contribution < -0.4 is 0 Å². The first-order chi connectivity index (χ1) is 7.66. The molecule has 0 aromatic rings. The zero-order chi connectivity index (χ0) is 13.7. The van der Waals surface area contributed by atoms with Crippen LogP contribution in [-0.4, -0.2) is 19.6 Å². The average Bonchev–Trinajstić information content (AvgIpc) is 2.27. The predicted molar refractivity (Wildman–Crippen MR) is 66.1 cm³/mol. The molecule has 0 heterocycles. The molecule has 4 nitrogen and oxygen atoms in total. The van der Waals surface area contributed by atoms with Gasteiger partial charge in [0.25, 0.3) is 0 Å². The molecule has 0 rings (SSSR count). The Morgan fingerprint density at radius 1 is 1.00 bits per heavy atom. The topological polar surface area (TPSA) is 52.6 Å². The van der Waals surface area contributed by atoms with Crippen molar-refractivity contribution in [1.82, 2.24) is 0 Å². The number of rotatable bonds is 6. The SMILES string of the molecule is C#CC(C)(CC)OS(=O)(=O)OC(C)(C#C)CC. The van der Waals surface area contributed by atoms with Crippen molar-refractivity contribution in [2.24, 2.45) is 0 Å². The Labute approximate surface area is 104 Å². The van der Waals surface area contributed by atoms with Crippen LogP contribution >= 0.6 is 0 Å². The number of terminal acetylenes is 2. The van der Waals surface area contributed by atoms with Crippen LogP contribution in [0.4, 0.5) is 0 Å². The molecule has 17 heavy (non-hydrogen) atoms. The summed E-state index contributed by atoms with van der Waals surface area (Å²) in [7, 11) is -4.23. The van der Waals surface area contributed by atoms with Crippen LogP contribution in [0.5, 0.6) is 0 Å². The highest BCUT2D eigenvalue weighted by atomic mass is 32.3. The third-order valence-electron chi connectivity index (χ3n) is 2.53. The van der Waals surface area contributed by atoms with E-state index in [4.69, 9.17) is 21.2 Å². The fraction of sp³-hybridized carbons (Fsp3) is 0.667. The maximum absolute atomic E-state index is 11.7. The van der Waals surface area contributed by atoms with Gasteiger partial charge in [-0.2, -0.15) is 8.42 Å². The summed E-state index contributed by atoms with van der Waals surface area (Å²) in [6, 6.07) is 0. The lowest BCUT2D eigenvalue weighted by Gasteiger charge is -2.25. The normalized spacial score (nSPS) is 18.5. The van der Waals surface area contributed by atoms with Crippen molar-refractivity contribution in [3.05, 3.63) is 0 Å². The van der Waals surface area contributed by atoms with Gasteiger partial charge in [0.2, 0.25) is 0 Å². The van der Waals surface area contributed by atoms with Crippen molar-refractivity contribution >= 4 is 10.4 Å². The fourth-order valence-corrected chi connectivity index (χ4v) is 2.10. The molecule has 5 heteroatoms. The summed E-state index contributed by atoms with van der Waals surface area (Å²) in [6.07, 6.45) is 11.1. The lowest BCUT2D eigenvalue weighted by Crippen LogP contribution is -2.35. The van der Waals surface area contributed by atoms with Gasteiger partial charge in [-0.05, 0) is 26.7 Å². The van der Waals surface area contributed by atoms with E-state index in [1.54, 1.807) is 13.8 Å². The van der Waals surface area contributed by atoms with Crippen LogP contribution in [0.2, 0.25) is 0 Å². The number of hydrogen-bond acceptors (Lipinski definition) is 4. The molecule has 0 aliphatic carbocycles. The van der Waals surface area contributed by atoms with E-state index in [1.807, 2.05) is 0 Å². The molecule has 0 aromatic carbocycles. The van der Waals surface area contributed by atoms with E-state index in [1.165, 1.54) is 13.8 Å². The molecule has 2 atom stereocenters. The third-order valence-corrected chi connectivity index (χ3v) is 3.68. The van der Waals surface area contributed by atoms with E-state index in [0.29, 0.717) is 12.8 Å². The maximum atomic E-state index is 11.7. The Balaban J connectivity index is 4.98. The van der Waals surface area contributed by atoms with E-state index in [2.05, 4.69) is 11.8 Å². The molecular weight excluding hydrogens is 240 g/mol. The molecule has 0 spiro atoms. The molecule has 0 saturated carbocycles. The molecule has 0 saturated heterocycles. The Morgan fingerprint density at radius 3 is 1.47 bits per heavy atom. The van der Waals surface area contributed by atoms with E-state index in [0.717, 1.165) is 0 Å². The van der Waals surface area contributed by atoms with Crippen molar-refractivity contribution in [1.29, 1.82) is 0 Å². The fourth-order valence-electron chi connectivity index (χ4n) is 0.838. The highest BCUT2D eigenvalue weighted by Crippen LogP contribution is 2.23. The van der Waals surface area contributed by atoms with Crippen molar-refractivity contribution in [2.75, 3.05) is 0 Å². The van der Waals surface area contributed by atoms with Crippen molar-refractivity contribution in [3.8, 4) is 24.7 Å². The first-order valence-corrected chi connectivity index (χ1v) is 6.61. The van der Waals surface area contributed by atoms with Crippen molar-refractivity contribution < 1.29 is 16.8 Å². The van der Waals surface area contributed by atoms with Crippen LogP contribution in [-0.2, 0) is 18.8 Å². The summed E-state index contributed by atoms with van der Waals surface area (Å²) in [5.41, 5.74) is -2.44. The van der Waals surface area contributed by atoms with Gasteiger partial charge in [-0.15, -0.1) is 12.8 Å². The molecule has 2 unspecified atom stereocenters. The minimum absolute atomic E-state index is 0.338. The van der Waals surface area contributed by atoms with Gasteiger partial charge in [-0.3, -0.25) is 0 Å². The maximum Gasteiger partial charge on any atom is 0.402 e. The van der Waals surface area contributed by atoms with Gasteiger partial charge in [0.15, 0.2) is 0 Å². The second-order valence-electron chi connectivity index (χ2n) is 4.03. The first kappa shape index (κ1) is 16.0. The van der Waals surface area contributed by atoms with Gasteiger partial charge in [0.05, 0.1) is 0 Å². The second-order valence-corrected chi connectivity index (χ2v) is 5.18. The molecule has 0 aliphatic rings. The Hall–Kier alpha value is -1.01. The van der Waals surface area contributed by atoms with Crippen LogP contribution in [0, 0.1) is 24.7 Å². The van der Waals surface area contributed by atoms with Crippen LogP contribution in [0.15, 0.2) is 0 Å². The molecule has 96 valence electrons. The highest BCUT2D eigenvalue weighted by molar-refractivity contribution is 7.82. The molecule has 0 radical (unpaired) electrons. The molecular formula is C12H18O4S. The molecule has 0 aromatic heterocycles. The van der Waals surface area contributed by atoms with Gasteiger partial charge >= 0.3 is 10.4 Å². The summed E-state index contributed by atoms with van der Waals surface area (Å²) in [5, 5.41) is 0. The van der Waals surface area contributed by atoms with Crippen LogP contribution in [0.3, 0.4) is 0 Å². The number of hydrogen-bond donors (Lipinski definition) is 0. The van der Waals surface area contributed by atoms with E-state index >= 15 is 0 Å². The summed E-state index contributed by atoms with van der Waals surface area (Å²) in [5.74, 6) is 4.55. The van der Waals surface area contributed by atoms with Gasteiger partial charge in [-0.1, -0.05) is 25.7 Å². The monoisotopic (exact) mass is 258 g/mol. The second kappa shape index (κ2) is 5.55. The minimum atomic E-state index is -4.23. The zero-order valence-electron chi connectivity index (χ0n) is 10.6. The Kier molecular flexibility index (Phi) is 5.22. The zero-order valence-corrected chi connectivity index (χ0v) is 11.4. The lowest BCUT2D eigenvalue weighted by molar-refractivity contribution is 0.0736. The van der Waals surface area contributed by atoms with Crippen LogP contribution in [0.25, 0.3) is 0 Å². The molecule has 0 fully saturated rings. The largest absolute Gasteiger partial charge is 0.402 e. The smallest absolute Gasteiger partial charge is 0.229 e. The molecule has 0 amide bonds. The average molecular weight is 258 g/mol. The van der Waals surface area contributed by atoms with E-state index in [-0.39, 0.29) is 0 Å². The standard InChI is InChI=1S/C12H18O4S/c1-7-11(5,8-2)15-17(13,14)16-12(6,9-3)10-4/h1,3H,8,10H2,2,4-6H3. The molecule has 0 N–H and O–H groups in total. The quantitative estimate of drug-likeness (QED) is 0.682. The van der Waals surface area contributed by atoms with E-state index in [9.17, 15) is 8.42 Å². The van der Waals surface area contributed by atoms with Crippen molar-refractivity contribution in [3.63, 3.8) is 0 Å². The summed E-state index contributed by atoms with van der Waals surface area (Å²) in [6.45, 7) is 6.42. The van der Waals surface area contributed by atoms with Gasteiger partial charge < -0.3 is 0 Å². The highest BCUT2D eigenvalue weighted by Gasteiger charge is 2.34. The Bertz CT molecular complexity index is 404. The molecule has 0 bridgehead atoms. The van der Waals surface area contributed by atoms with Gasteiger partial charge in [-0.25, -0.2) is 8.37 Å². The van der Waals surface area contributed by atoms with Gasteiger partial charge in [0, 0.05) is 0 Å². The Morgan fingerprint density at radius 2 is 1.29 bits per heavy atom. The first-order valence-electron chi connectivity index (χ1n) is 5.27. The van der Waals surface area contributed by atoms with E-state index < -0.39 is 21.6 Å². The minimum Gasteiger partial charge on any atom is -0.229 e.